The van der Waals surface area contributed by atoms with Gasteiger partial charge in [0.25, 0.3) is 0 Å². The van der Waals surface area contributed by atoms with Gasteiger partial charge in [-0.2, -0.15) is 0 Å². The van der Waals surface area contributed by atoms with Crippen LogP contribution in [0.1, 0.15) is 16.7 Å². The van der Waals surface area contributed by atoms with Crippen LogP contribution >= 0.6 is 23.2 Å². The summed E-state index contributed by atoms with van der Waals surface area (Å²) in [6.07, 6.45) is 0. The average molecular weight is 399 g/mol. The van der Waals surface area contributed by atoms with Gasteiger partial charge in [0.05, 0.1) is 0 Å². The van der Waals surface area contributed by atoms with Crippen LogP contribution in [0.2, 0.25) is 10.0 Å². The molecule has 0 amide bonds. The van der Waals surface area contributed by atoms with Crippen molar-refractivity contribution < 1.29 is 0 Å². The van der Waals surface area contributed by atoms with Crippen molar-refractivity contribution in [1.29, 1.82) is 0 Å². The Morgan fingerprint density at radius 1 is 0.630 bits per heavy atom. The minimum Gasteiger partial charge on any atom is -0.311 e. The second-order valence-corrected chi connectivity index (χ2v) is 7.50. The molecule has 3 aromatic rings. The van der Waals surface area contributed by atoms with Crippen molar-refractivity contribution in [3.63, 3.8) is 0 Å². The number of hydrogen-bond donors (Lipinski definition) is 1. The van der Waals surface area contributed by atoms with Crippen LogP contribution < -0.4 is 5.32 Å². The summed E-state index contributed by atoms with van der Waals surface area (Å²) in [5.41, 5.74) is 3.84. The molecule has 0 aromatic heterocycles. The molecule has 0 fully saturated rings. The summed E-state index contributed by atoms with van der Waals surface area (Å²) >= 11 is 12.0. The van der Waals surface area contributed by atoms with Crippen molar-refractivity contribution in [2.75, 3.05) is 13.1 Å². The van der Waals surface area contributed by atoms with E-state index in [1.54, 1.807) is 0 Å². The summed E-state index contributed by atoms with van der Waals surface area (Å²) in [6, 6.07) is 26.7. The molecule has 0 aliphatic carbocycles. The molecule has 0 heterocycles. The van der Waals surface area contributed by atoms with Gasteiger partial charge in [-0.25, -0.2) is 0 Å². The van der Waals surface area contributed by atoms with Crippen molar-refractivity contribution in [2.24, 2.45) is 0 Å². The fraction of sp³-hybridized carbons (Fsp3) is 0.217. The van der Waals surface area contributed by atoms with E-state index in [4.69, 9.17) is 23.2 Å². The maximum absolute atomic E-state index is 6.02. The van der Waals surface area contributed by atoms with Crippen molar-refractivity contribution in [3.8, 4) is 0 Å². The molecule has 27 heavy (non-hydrogen) atoms. The molecule has 0 aliphatic rings. The van der Waals surface area contributed by atoms with Crippen molar-refractivity contribution in [2.45, 2.75) is 19.6 Å². The molecule has 0 bridgehead atoms. The van der Waals surface area contributed by atoms with E-state index >= 15 is 0 Å². The molecule has 0 unspecified atom stereocenters. The number of rotatable bonds is 9. The largest absolute Gasteiger partial charge is 0.311 e. The number of hydrogen-bond acceptors (Lipinski definition) is 2. The molecule has 3 rings (SSSR count). The van der Waals surface area contributed by atoms with Crippen molar-refractivity contribution in [1.82, 2.24) is 10.2 Å². The minimum atomic E-state index is 0.774. The summed E-state index contributed by atoms with van der Waals surface area (Å²) in [5.74, 6) is 0. The summed E-state index contributed by atoms with van der Waals surface area (Å²) in [7, 11) is 0. The number of halogens is 2. The first-order valence-electron chi connectivity index (χ1n) is 9.15. The Balaban J connectivity index is 1.55. The molecule has 0 spiro atoms. The molecule has 0 aliphatic heterocycles. The fourth-order valence-corrected chi connectivity index (χ4v) is 3.23. The van der Waals surface area contributed by atoms with Gasteiger partial charge in [0, 0.05) is 42.8 Å². The van der Waals surface area contributed by atoms with E-state index in [1.807, 2.05) is 24.3 Å². The second-order valence-electron chi connectivity index (χ2n) is 6.63. The molecule has 2 nitrogen and oxygen atoms in total. The number of nitrogens with one attached hydrogen (secondary N) is 1. The van der Waals surface area contributed by atoms with Crippen LogP contribution in [-0.4, -0.2) is 18.0 Å². The zero-order chi connectivity index (χ0) is 18.9. The first-order chi connectivity index (χ1) is 13.2. The number of nitrogens with zero attached hydrogens (tertiary/aromatic N) is 1. The third kappa shape index (κ3) is 7.00. The molecule has 1 N–H and O–H groups in total. The first kappa shape index (κ1) is 19.9. The summed E-state index contributed by atoms with van der Waals surface area (Å²) < 4.78 is 0. The highest BCUT2D eigenvalue weighted by atomic mass is 35.5. The third-order valence-corrected chi connectivity index (χ3v) is 4.92. The third-order valence-electron chi connectivity index (χ3n) is 4.42. The molecule has 4 heteroatoms. The van der Waals surface area contributed by atoms with E-state index in [0.717, 1.165) is 42.8 Å². The van der Waals surface area contributed by atoms with Crippen LogP contribution in [0.3, 0.4) is 0 Å². The van der Waals surface area contributed by atoms with Gasteiger partial charge in [-0.1, -0.05) is 77.8 Å². The lowest BCUT2D eigenvalue weighted by atomic mass is 10.1. The normalized spacial score (nSPS) is 11.1. The van der Waals surface area contributed by atoms with Crippen LogP contribution in [-0.2, 0) is 19.6 Å². The van der Waals surface area contributed by atoms with Gasteiger partial charge >= 0.3 is 0 Å². The lowest BCUT2D eigenvalue weighted by Gasteiger charge is -2.23. The van der Waals surface area contributed by atoms with Gasteiger partial charge in [0.2, 0.25) is 0 Å². The van der Waals surface area contributed by atoms with E-state index in [-0.39, 0.29) is 0 Å². The Kier molecular flexibility index (Phi) is 7.73. The molecular formula is C23H24Cl2N2. The Labute approximate surface area is 171 Å². The van der Waals surface area contributed by atoms with Gasteiger partial charge in [-0.15, -0.1) is 0 Å². The van der Waals surface area contributed by atoms with Gasteiger partial charge in [-0.3, -0.25) is 4.90 Å². The van der Waals surface area contributed by atoms with E-state index in [0.29, 0.717) is 0 Å². The maximum atomic E-state index is 6.02. The van der Waals surface area contributed by atoms with Gasteiger partial charge in [0.15, 0.2) is 0 Å². The predicted molar refractivity (Wildman–Crippen MR) is 115 cm³/mol. The highest BCUT2D eigenvalue weighted by molar-refractivity contribution is 6.30. The number of benzene rings is 3. The monoisotopic (exact) mass is 398 g/mol. The zero-order valence-corrected chi connectivity index (χ0v) is 16.8. The topological polar surface area (TPSA) is 15.3 Å². The summed E-state index contributed by atoms with van der Waals surface area (Å²) in [5, 5.41) is 5.08. The Bertz CT molecular complexity index is 802. The highest BCUT2D eigenvalue weighted by Crippen LogP contribution is 2.14. The van der Waals surface area contributed by atoms with E-state index < -0.39 is 0 Å². The van der Waals surface area contributed by atoms with Crippen LogP contribution in [0, 0.1) is 0 Å². The minimum absolute atomic E-state index is 0.774. The van der Waals surface area contributed by atoms with Gasteiger partial charge < -0.3 is 5.32 Å². The molecule has 0 saturated carbocycles. The van der Waals surface area contributed by atoms with Crippen LogP contribution in [0.25, 0.3) is 0 Å². The van der Waals surface area contributed by atoms with E-state index in [9.17, 15) is 0 Å². The lowest BCUT2D eigenvalue weighted by molar-refractivity contribution is 0.256. The molecule has 0 saturated heterocycles. The average Bonchev–Trinajstić information content (AvgIpc) is 2.69. The maximum Gasteiger partial charge on any atom is 0.0406 e. The van der Waals surface area contributed by atoms with Crippen LogP contribution in [0.5, 0.6) is 0 Å². The van der Waals surface area contributed by atoms with Crippen molar-refractivity contribution >= 4 is 23.2 Å². The van der Waals surface area contributed by atoms with Gasteiger partial charge in [-0.05, 0) is 41.0 Å². The Morgan fingerprint density at radius 2 is 1.15 bits per heavy atom. The van der Waals surface area contributed by atoms with Crippen LogP contribution in [0.15, 0.2) is 78.9 Å². The van der Waals surface area contributed by atoms with Crippen molar-refractivity contribution in [3.05, 3.63) is 106 Å². The molecule has 3 aromatic carbocycles. The molecular weight excluding hydrogens is 375 g/mol. The summed E-state index contributed by atoms with van der Waals surface area (Å²) in [6.45, 7) is 4.55. The Hall–Kier alpha value is -1.84. The first-order valence-corrected chi connectivity index (χ1v) is 9.90. The zero-order valence-electron chi connectivity index (χ0n) is 15.2. The fourth-order valence-electron chi connectivity index (χ4n) is 2.98. The Morgan fingerprint density at radius 3 is 1.74 bits per heavy atom. The van der Waals surface area contributed by atoms with Gasteiger partial charge in [0.1, 0.15) is 0 Å². The standard InChI is InChI=1S/C23H24Cl2N2/c24-22-10-6-19(7-11-22)16-26-14-15-27(17-20-4-2-1-3-5-20)18-21-8-12-23(25)13-9-21/h1-13,26H,14-18H2. The molecule has 140 valence electrons. The highest BCUT2D eigenvalue weighted by Gasteiger charge is 2.07. The van der Waals surface area contributed by atoms with E-state index in [1.165, 1.54) is 16.7 Å². The van der Waals surface area contributed by atoms with E-state index in [2.05, 4.69) is 64.8 Å². The summed E-state index contributed by atoms with van der Waals surface area (Å²) in [4.78, 5) is 2.45. The molecule has 0 radical (unpaired) electrons. The molecule has 0 atom stereocenters. The van der Waals surface area contributed by atoms with Crippen LogP contribution in [0.4, 0.5) is 0 Å². The second kappa shape index (κ2) is 10.5. The predicted octanol–water partition coefficient (Wildman–Crippen LogP) is 5.79. The smallest absolute Gasteiger partial charge is 0.0406 e. The quantitative estimate of drug-likeness (QED) is 0.459. The SMILES string of the molecule is Clc1ccc(CNCCN(Cc2ccccc2)Cc2ccc(Cl)cc2)cc1. The lowest BCUT2D eigenvalue weighted by Crippen LogP contribution is -2.31.